The van der Waals surface area contributed by atoms with Gasteiger partial charge >= 0.3 is 6.18 Å². The standard InChI is InChI=1S/C10H16F3N3/c1-9(5-14,15-2)6-16(8-3-4-8)7-10(11,12)13/h8,15H,3-4,6-7H2,1-2H3. The van der Waals surface area contributed by atoms with Crippen LogP contribution in [0.15, 0.2) is 0 Å². The molecule has 1 saturated carbocycles. The Bertz CT molecular complexity index is 280. The van der Waals surface area contributed by atoms with Gasteiger partial charge in [-0.05, 0) is 26.8 Å². The Balaban J connectivity index is 2.62. The first-order valence-electron chi connectivity index (χ1n) is 5.20. The minimum absolute atomic E-state index is 0.0114. The first kappa shape index (κ1) is 13.3. The van der Waals surface area contributed by atoms with Crippen molar-refractivity contribution < 1.29 is 13.2 Å². The Labute approximate surface area is 93.2 Å². The quantitative estimate of drug-likeness (QED) is 0.785. The molecule has 1 fully saturated rings. The Morgan fingerprint density at radius 2 is 1.94 bits per heavy atom. The molecule has 1 atom stereocenters. The van der Waals surface area contributed by atoms with Crippen molar-refractivity contribution in [2.45, 2.75) is 37.5 Å². The van der Waals surface area contributed by atoms with E-state index in [1.807, 2.05) is 6.07 Å². The van der Waals surface area contributed by atoms with Crippen molar-refractivity contribution in [1.29, 1.82) is 5.26 Å². The van der Waals surface area contributed by atoms with E-state index in [0.717, 1.165) is 12.8 Å². The molecule has 1 N–H and O–H groups in total. The van der Waals surface area contributed by atoms with Gasteiger partial charge < -0.3 is 5.32 Å². The van der Waals surface area contributed by atoms with E-state index in [2.05, 4.69) is 5.32 Å². The van der Waals surface area contributed by atoms with E-state index in [-0.39, 0.29) is 12.6 Å². The zero-order chi connectivity index (χ0) is 12.4. The molecule has 0 aromatic carbocycles. The van der Waals surface area contributed by atoms with Crippen LogP contribution in [0.25, 0.3) is 0 Å². The summed E-state index contributed by atoms with van der Waals surface area (Å²) in [5, 5.41) is 11.7. The van der Waals surface area contributed by atoms with Crippen molar-refractivity contribution >= 4 is 0 Å². The van der Waals surface area contributed by atoms with E-state index >= 15 is 0 Å². The van der Waals surface area contributed by atoms with Crippen LogP contribution in [-0.4, -0.2) is 42.8 Å². The number of nitrogens with one attached hydrogen (secondary N) is 1. The van der Waals surface area contributed by atoms with Crippen molar-refractivity contribution in [1.82, 2.24) is 10.2 Å². The van der Waals surface area contributed by atoms with Crippen LogP contribution in [0.4, 0.5) is 13.2 Å². The molecule has 16 heavy (non-hydrogen) atoms. The second kappa shape index (κ2) is 4.60. The van der Waals surface area contributed by atoms with E-state index in [1.54, 1.807) is 14.0 Å². The number of nitriles is 1. The van der Waals surface area contributed by atoms with Gasteiger partial charge in [0.05, 0.1) is 12.6 Å². The molecule has 0 spiro atoms. The first-order chi connectivity index (χ1) is 7.29. The van der Waals surface area contributed by atoms with Gasteiger partial charge in [0.1, 0.15) is 5.54 Å². The highest BCUT2D eigenvalue weighted by atomic mass is 19.4. The van der Waals surface area contributed by atoms with E-state index < -0.39 is 18.3 Å². The smallest absolute Gasteiger partial charge is 0.302 e. The lowest BCUT2D eigenvalue weighted by Crippen LogP contribution is -2.51. The topological polar surface area (TPSA) is 39.1 Å². The van der Waals surface area contributed by atoms with E-state index in [9.17, 15) is 13.2 Å². The third kappa shape index (κ3) is 3.99. The molecule has 3 nitrogen and oxygen atoms in total. The Hall–Kier alpha value is -0.800. The minimum Gasteiger partial charge on any atom is -0.302 e. The third-order valence-electron chi connectivity index (χ3n) is 2.76. The van der Waals surface area contributed by atoms with Gasteiger partial charge in [-0.3, -0.25) is 4.90 Å². The third-order valence-corrected chi connectivity index (χ3v) is 2.76. The summed E-state index contributed by atoms with van der Waals surface area (Å²) < 4.78 is 37.0. The van der Waals surface area contributed by atoms with E-state index in [4.69, 9.17) is 5.26 Å². The van der Waals surface area contributed by atoms with Gasteiger partial charge in [-0.25, -0.2) is 0 Å². The molecule has 0 saturated heterocycles. The number of likely N-dealkylation sites (N-methyl/N-ethyl adjacent to an activating group) is 1. The Kier molecular flexibility index (Phi) is 3.81. The molecule has 0 aromatic rings. The fraction of sp³-hybridized carbons (Fsp3) is 0.900. The molecular formula is C10H16F3N3. The van der Waals surface area contributed by atoms with Crippen LogP contribution in [0.5, 0.6) is 0 Å². The molecular weight excluding hydrogens is 219 g/mol. The molecule has 0 aliphatic heterocycles. The van der Waals surface area contributed by atoms with Crippen molar-refractivity contribution in [3.8, 4) is 6.07 Å². The maximum Gasteiger partial charge on any atom is 0.401 e. The zero-order valence-corrected chi connectivity index (χ0v) is 9.43. The predicted octanol–water partition coefficient (Wildman–Crippen LogP) is 1.51. The summed E-state index contributed by atoms with van der Waals surface area (Å²) in [6.45, 7) is 0.777. The number of nitrogens with zero attached hydrogens (tertiary/aromatic N) is 2. The van der Waals surface area contributed by atoms with Gasteiger partial charge in [0.25, 0.3) is 0 Å². The van der Waals surface area contributed by atoms with Gasteiger partial charge in [0.2, 0.25) is 0 Å². The minimum atomic E-state index is -4.20. The predicted molar refractivity (Wildman–Crippen MR) is 53.7 cm³/mol. The van der Waals surface area contributed by atoms with Gasteiger partial charge in [0.15, 0.2) is 0 Å². The summed E-state index contributed by atoms with van der Waals surface area (Å²) in [7, 11) is 1.59. The van der Waals surface area contributed by atoms with Crippen molar-refractivity contribution in [3.63, 3.8) is 0 Å². The maximum absolute atomic E-state index is 12.3. The summed E-state index contributed by atoms with van der Waals surface area (Å²) in [4.78, 5) is 1.35. The molecule has 1 unspecified atom stereocenters. The molecule has 1 aliphatic rings. The molecule has 92 valence electrons. The second-order valence-electron chi connectivity index (χ2n) is 4.45. The average molecular weight is 235 g/mol. The van der Waals surface area contributed by atoms with Crippen molar-refractivity contribution in [2.24, 2.45) is 0 Å². The number of rotatable bonds is 5. The first-order valence-corrected chi connectivity index (χ1v) is 5.20. The van der Waals surface area contributed by atoms with Gasteiger partial charge in [-0.1, -0.05) is 0 Å². The van der Waals surface area contributed by atoms with Crippen molar-refractivity contribution in [2.75, 3.05) is 20.1 Å². The summed E-state index contributed by atoms with van der Waals surface area (Å²) in [5.41, 5.74) is -0.923. The fourth-order valence-corrected chi connectivity index (χ4v) is 1.56. The molecule has 0 aromatic heterocycles. The van der Waals surface area contributed by atoms with Gasteiger partial charge in [-0.15, -0.1) is 0 Å². The summed E-state index contributed by atoms with van der Waals surface area (Å²) in [6.07, 6.45) is -2.62. The number of halogens is 3. The Morgan fingerprint density at radius 1 is 1.38 bits per heavy atom. The monoisotopic (exact) mass is 235 g/mol. The maximum atomic E-state index is 12.3. The molecule has 0 amide bonds. The zero-order valence-electron chi connectivity index (χ0n) is 9.43. The van der Waals surface area contributed by atoms with Crippen LogP contribution < -0.4 is 5.32 Å². The lowest BCUT2D eigenvalue weighted by molar-refractivity contribution is -0.148. The highest BCUT2D eigenvalue weighted by Crippen LogP contribution is 2.31. The highest BCUT2D eigenvalue weighted by molar-refractivity contribution is 5.06. The molecule has 6 heteroatoms. The van der Waals surface area contributed by atoms with Gasteiger partial charge in [-0.2, -0.15) is 18.4 Å². The lowest BCUT2D eigenvalue weighted by Gasteiger charge is -2.30. The van der Waals surface area contributed by atoms with Crippen LogP contribution >= 0.6 is 0 Å². The Morgan fingerprint density at radius 3 is 2.25 bits per heavy atom. The summed E-state index contributed by atoms with van der Waals surface area (Å²) >= 11 is 0. The van der Waals surface area contributed by atoms with Crippen molar-refractivity contribution in [3.05, 3.63) is 0 Å². The molecule has 0 bridgehead atoms. The van der Waals surface area contributed by atoms with Crippen LogP contribution in [0.3, 0.4) is 0 Å². The molecule has 0 radical (unpaired) electrons. The number of hydrogen-bond acceptors (Lipinski definition) is 3. The van der Waals surface area contributed by atoms with E-state index in [0.29, 0.717) is 0 Å². The highest BCUT2D eigenvalue weighted by Gasteiger charge is 2.40. The summed E-state index contributed by atoms with van der Waals surface area (Å²) in [5.74, 6) is 0. The van der Waals surface area contributed by atoms with Crippen LogP contribution in [-0.2, 0) is 0 Å². The number of hydrogen-bond donors (Lipinski definition) is 1. The number of alkyl halides is 3. The normalized spacial score (nSPS) is 20.6. The average Bonchev–Trinajstić information content (AvgIpc) is 2.97. The molecule has 1 aliphatic carbocycles. The fourth-order valence-electron chi connectivity index (χ4n) is 1.56. The largest absolute Gasteiger partial charge is 0.401 e. The second-order valence-corrected chi connectivity index (χ2v) is 4.45. The van der Waals surface area contributed by atoms with Crippen LogP contribution in [0, 0.1) is 11.3 Å². The van der Waals surface area contributed by atoms with E-state index in [1.165, 1.54) is 4.90 Å². The van der Waals surface area contributed by atoms with Gasteiger partial charge in [0, 0.05) is 12.6 Å². The van der Waals surface area contributed by atoms with Crippen LogP contribution in [0.1, 0.15) is 19.8 Å². The molecule has 1 rings (SSSR count). The van der Waals surface area contributed by atoms with Crippen LogP contribution in [0.2, 0.25) is 0 Å². The molecule has 0 heterocycles. The SMILES string of the molecule is CNC(C)(C#N)CN(CC(F)(F)F)C1CC1. The summed E-state index contributed by atoms with van der Waals surface area (Å²) in [6, 6.07) is 2.00. The lowest BCUT2D eigenvalue weighted by atomic mass is 10.0.